The first-order chi connectivity index (χ1) is 10.3. The number of halogens is 3. The molecule has 22 heavy (non-hydrogen) atoms. The Morgan fingerprint density at radius 3 is 2.55 bits per heavy atom. The smallest absolute Gasteiger partial charge is 0.416 e. The molecule has 0 saturated carbocycles. The van der Waals surface area contributed by atoms with Crippen LogP contribution in [-0.4, -0.2) is 23.7 Å². The number of nitrogens with one attached hydrogen (secondary N) is 1. The van der Waals surface area contributed by atoms with Gasteiger partial charge in [-0.3, -0.25) is 4.79 Å². The molecule has 0 spiro atoms. The molecule has 1 saturated heterocycles. The Hall–Kier alpha value is -1.56. The van der Waals surface area contributed by atoms with E-state index in [0.717, 1.165) is 37.1 Å². The average Bonchev–Trinajstić information content (AvgIpc) is 2.46. The zero-order valence-corrected chi connectivity index (χ0v) is 12.4. The lowest BCUT2D eigenvalue weighted by molar-refractivity contribution is -0.143. The second-order valence-electron chi connectivity index (χ2n) is 5.96. The van der Waals surface area contributed by atoms with Crippen LogP contribution in [-0.2, 0) is 17.4 Å². The number of carbonyl (C=O) groups is 1. The quantitative estimate of drug-likeness (QED) is 0.896. The molecular formula is C16H20F3NO2. The van der Waals surface area contributed by atoms with E-state index in [4.69, 9.17) is 5.11 Å². The molecule has 122 valence electrons. The Kier molecular flexibility index (Phi) is 5.11. The summed E-state index contributed by atoms with van der Waals surface area (Å²) in [5.74, 6) is -1.07. The third kappa shape index (κ3) is 4.22. The van der Waals surface area contributed by atoms with Crippen LogP contribution in [0, 0.1) is 11.8 Å². The first-order valence-electron chi connectivity index (χ1n) is 7.39. The number of alkyl halides is 3. The van der Waals surface area contributed by atoms with Gasteiger partial charge in [0, 0.05) is 6.04 Å². The highest BCUT2D eigenvalue weighted by Crippen LogP contribution is 2.30. The Bertz CT molecular complexity index is 513. The summed E-state index contributed by atoms with van der Waals surface area (Å²) < 4.78 is 37.6. The highest BCUT2D eigenvalue weighted by atomic mass is 19.4. The topological polar surface area (TPSA) is 49.3 Å². The summed E-state index contributed by atoms with van der Waals surface area (Å²) in [5, 5.41) is 12.4. The van der Waals surface area contributed by atoms with Gasteiger partial charge in [0.05, 0.1) is 11.5 Å². The first-order valence-corrected chi connectivity index (χ1v) is 7.39. The van der Waals surface area contributed by atoms with Gasteiger partial charge in [0.25, 0.3) is 0 Å². The molecule has 0 amide bonds. The molecule has 2 rings (SSSR count). The number of carboxylic acid groups (broad SMARTS) is 1. The highest BCUT2D eigenvalue weighted by Gasteiger charge is 2.31. The van der Waals surface area contributed by atoms with Crippen LogP contribution in [0.15, 0.2) is 24.3 Å². The molecule has 1 aliphatic rings. The monoisotopic (exact) mass is 315 g/mol. The number of hydrogen-bond donors (Lipinski definition) is 2. The molecule has 6 heteroatoms. The summed E-state index contributed by atoms with van der Waals surface area (Å²) in [6.45, 7) is 2.46. The number of rotatable bonds is 4. The molecule has 3 nitrogen and oxygen atoms in total. The normalized spacial score (nSPS) is 24.0. The zero-order valence-electron chi connectivity index (χ0n) is 12.4. The van der Waals surface area contributed by atoms with Crippen molar-refractivity contribution in [3.05, 3.63) is 35.4 Å². The Morgan fingerprint density at radius 2 is 2.00 bits per heavy atom. The van der Waals surface area contributed by atoms with E-state index in [2.05, 4.69) is 5.32 Å². The molecule has 1 aromatic carbocycles. The van der Waals surface area contributed by atoms with Crippen molar-refractivity contribution in [1.82, 2.24) is 5.32 Å². The van der Waals surface area contributed by atoms with Gasteiger partial charge in [-0.25, -0.2) is 0 Å². The number of benzene rings is 1. The van der Waals surface area contributed by atoms with E-state index in [-0.39, 0.29) is 12.0 Å². The molecule has 1 aliphatic heterocycles. The summed E-state index contributed by atoms with van der Waals surface area (Å²) in [7, 11) is 0. The van der Waals surface area contributed by atoms with Crippen LogP contribution in [0.2, 0.25) is 0 Å². The number of hydrogen-bond acceptors (Lipinski definition) is 2. The number of carboxylic acids is 1. The highest BCUT2D eigenvalue weighted by molar-refractivity contribution is 5.69. The van der Waals surface area contributed by atoms with Crippen molar-refractivity contribution in [2.75, 3.05) is 6.54 Å². The Balaban J connectivity index is 1.97. The lowest BCUT2D eigenvalue weighted by atomic mass is 9.81. The summed E-state index contributed by atoms with van der Waals surface area (Å²) in [5.41, 5.74) is 0.180. The third-order valence-electron chi connectivity index (χ3n) is 4.40. The standard InChI is InChI=1S/C16H20F3NO2/c1-10(15(21)22)12-6-7-20-14(9-12)8-11-2-4-13(5-3-11)16(17,18)19/h2-5,10,12,14,20H,6-9H2,1H3,(H,21,22)/t10?,12-,14-/m0/s1. The second-order valence-corrected chi connectivity index (χ2v) is 5.96. The van der Waals surface area contributed by atoms with Gasteiger partial charge in [-0.1, -0.05) is 19.1 Å². The van der Waals surface area contributed by atoms with Crippen LogP contribution in [0.4, 0.5) is 13.2 Å². The molecule has 3 atom stereocenters. The van der Waals surface area contributed by atoms with Crippen LogP contribution in [0.25, 0.3) is 0 Å². The summed E-state index contributed by atoms with van der Waals surface area (Å²) in [6, 6.07) is 5.28. The summed E-state index contributed by atoms with van der Waals surface area (Å²) in [6.07, 6.45) is -2.16. The fraction of sp³-hybridized carbons (Fsp3) is 0.562. The molecule has 2 N–H and O–H groups in total. The van der Waals surface area contributed by atoms with E-state index < -0.39 is 23.6 Å². The summed E-state index contributed by atoms with van der Waals surface area (Å²) in [4.78, 5) is 11.1. The van der Waals surface area contributed by atoms with Crippen molar-refractivity contribution < 1.29 is 23.1 Å². The molecule has 0 radical (unpaired) electrons. The van der Waals surface area contributed by atoms with Crippen LogP contribution in [0.3, 0.4) is 0 Å². The number of piperidine rings is 1. The second kappa shape index (κ2) is 6.69. The minimum Gasteiger partial charge on any atom is -0.481 e. The van der Waals surface area contributed by atoms with Gasteiger partial charge >= 0.3 is 12.1 Å². The van der Waals surface area contributed by atoms with E-state index in [1.807, 2.05) is 0 Å². The van der Waals surface area contributed by atoms with Crippen LogP contribution in [0.1, 0.15) is 30.9 Å². The van der Waals surface area contributed by atoms with Crippen molar-refractivity contribution in [3.8, 4) is 0 Å². The first kappa shape index (κ1) is 16.8. The van der Waals surface area contributed by atoms with E-state index in [1.54, 1.807) is 6.92 Å². The minimum atomic E-state index is -4.32. The molecule has 0 aliphatic carbocycles. The Morgan fingerprint density at radius 1 is 1.36 bits per heavy atom. The van der Waals surface area contributed by atoms with Gasteiger partial charge in [0.1, 0.15) is 0 Å². The fourth-order valence-electron chi connectivity index (χ4n) is 2.97. The molecule has 0 bridgehead atoms. The maximum Gasteiger partial charge on any atom is 0.416 e. The largest absolute Gasteiger partial charge is 0.481 e. The average molecular weight is 315 g/mol. The molecule has 1 heterocycles. The van der Waals surface area contributed by atoms with Crippen LogP contribution >= 0.6 is 0 Å². The van der Waals surface area contributed by atoms with E-state index >= 15 is 0 Å². The van der Waals surface area contributed by atoms with E-state index in [1.165, 1.54) is 12.1 Å². The molecule has 1 fully saturated rings. The van der Waals surface area contributed by atoms with Crippen molar-refractivity contribution in [2.45, 2.75) is 38.4 Å². The van der Waals surface area contributed by atoms with Gasteiger partial charge < -0.3 is 10.4 Å². The van der Waals surface area contributed by atoms with Crippen molar-refractivity contribution >= 4 is 5.97 Å². The predicted molar refractivity (Wildman–Crippen MR) is 76.5 cm³/mol. The van der Waals surface area contributed by atoms with Crippen LogP contribution < -0.4 is 5.32 Å². The van der Waals surface area contributed by atoms with Gasteiger partial charge in [-0.15, -0.1) is 0 Å². The van der Waals surface area contributed by atoms with Crippen LogP contribution in [0.5, 0.6) is 0 Å². The lowest BCUT2D eigenvalue weighted by Crippen LogP contribution is -2.42. The number of aliphatic carboxylic acids is 1. The van der Waals surface area contributed by atoms with Crippen molar-refractivity contribution in [3.63, 3.8) is 0 Å². The van der Waals surface area contributed by atoms with E-state index in [0.29, 0.717) is 6.42 Å². The molecule has 1 unspecified atom stereocenters. The van der Waals surface area contributed by atoms with Gasteiger partial charge in [-0.2, -0.15) is 13.2 Å². The van der Waals surface area contributed by atoms with Gasteiger partial charge in [0.2, 0.25) is 0 Å². The molecular weight excluding hydrogens is 295 g/mol. The SMILES string of the molecule is CC(C(=O)O)[C@H]1CCN[C@@H](Cc2ccc(C(F)(F)F)cc2)C1. The summed E-state index contributed by atoms with van der Waals surface area (Å²) >= 11 is 0. The van der Waals surface area contributed by atoms with Gasteiger partial charge in [-0.05, 0) is 49.4 Å². The third-order valence-corrected chi connectivity index (χ3v) is 4.40. The van der Waals surface area contributed by atoms with Crippen molar-refractivity contribution in [2.24, 2.45) is 11.8 Å². The maximum atomic E-state index is 12.5. The predicted octanol–water partition coefficient (Wildman–Crippen LogP) is 3.34. The van der Waals surface area contributed by atoms with Gasteiger partial charge in [0.15, 0.2) is 0 Å². The Labute approximate surface area is 127 Å². The molecule has 0 aromatic heterocycles. The fourth-order valence-corrected chi connectivity index (χ4v) is 2.97. The minimum absolute atomic E-state index is 0.109. The maximum absolute atomic E-state index is 12.5. The van der Waals surface area contributed by atoms with E-state index in [9.17, 15) is 18.0 Å². The van der Waals surface area contributed by atoms with Crippen molar-refractivity contribution in [1.29, 1.82) is 0 Å². The zero-order chi connectivity index (χ0) is 16.3. The molecule has 1 aromatic rings. The lowest BCUT2D eigenvalue weighted by Gasteiger charge is -2.32.